The predicted molar refractivity (Wildman–Crippen MR) is 92.8 cm³/mol. The average molecular weight is 348 g/mol. The number of nitrogens with one attached hydrogen (secondary N) is 1. The number of thioether (sulfide) groups is 1. The molecule has 1 aliphatic rings. The Hall–Kier alpha value is -1.76. The van der Waals surface area contributed by atoms with Crippen molar-refractivity contribution < 1.29 is 9.21 Å². The number of nitrogens with zero attached hydrogens (tertiary/aromatic N) is 3. The Morgan fingerprint density at radius 3 is 2.92 bits per heavy atom. The van der Waals surface area contributed by atoms with Crippen molar-refractivity contribution in [3.05, 3.63) is 30.0 Å². The van der Waals surface area contributed by atoms with Crippen LogP contribution in [-0.2, 0) is 11.3 Å². The van der Waals surface area contributed by atoms with Crippen molar-refractivity contribution in [3.8, 4) is 0 Å². The largest absolute Gasteiger partial charge is 0.467 e. The molecule has 7 heteroatoms. The van der Waals surface area contributed by atoms with Crippen molar-refractivity contribution >= 4 is 17.7 Å². The molecule has 1 fully saturated rings. The molecule has 2 heterocycles. The van der Waals surface area contributed by atoms with Crippen molar-refractivity contribution in [1.29, 1.82) is 0 Å². The summed E-state index contributed by atoms with van der Waals surface area (Å²) in [5, 5.41) is 12.1. The highest BCUT2D eigenvalue weighted by atomic mass is 32.2. The normalized spacial score (nSPS) is 16.9. The lowest BCUT2D eigenvalue weighted by atomic mass is 9.95. The Bertz CT molecular complexity index is 662. The van der Waals surface area contributed by atoms with Crippen molar-refractivity contribution in [1.82, 2.24) is 20.1 Å². The van der Waals surface area contributed by atoms with Gasteiger partial charge in [-0.25, -0.2) is 0 Å². The van der Waals surface area contributed by atoms with E-state index in [4.69, 9.17) is 4.42 Å². The van der Waals surface area contributed by atoms with E-state index in [1.807, 2.05) is 26.0 Å². The second-order valence-electron chi connectivity index (χ2n) is 6.25. The van der Waals surface area contributed by atoms with Gasteiger partial charge in [0.1, 0.15) is 11.6 Å². The number of furan rings is 1. The predicted octanol–water partition coefficient (Wildman–Crippen LogP) is 3.48. The lowest BCUT2D eigenvalue weighted by Gasteiger charge is -2.25. The molecule has 0 spiro atoms. The van der Waals surface area contributed by atoms with E-state index in [1.165, 1.54) is 43.9 Å². The molecule has 1 N–H and O–H groups in total. The summed E-state index contributed by atoms with van der Waals surface area (Å²) >= 11 is 1.48. The highest BCUT2D eigenvalue weighted by Gasteiger charge is 2.24. The van der Waals surface area contributed by atoms with Gasteiger partial charge in [0.05, 0.1) is 18.1 Å². The molecule has 0 aliphatic heterocycles. The van der Waals surface area contributed by atoms with E-state index in [2.05, 4.69) is 20.1 Å². The van der Waals surface area contributed by atoms with Gasteiger partial charge in [0.2, 0.25) is 5.91 Å². The summed E-state index contributed by atoms with van der Waals surface area (Å²) in [5.74, 6) is 1.67. The molecule has 0 saturated heterocycles. The zero-order valence-electron chi connectivity index (χ0n) is 14.2. The van der Waals surface area contributed by atoms with Crippen LogP contribution >= 0.6 is 11.8 Å². The molecule has 130 valence electrons. The molecule has 1 atom stereocenters. The molecule has 0 radical (unpaired) electrons. The first-order valence-corrected chi connectivity index (χ1v) is 9.41. The summed E-state index contributed by atoms with van der Waals surface area (Å²) in [7, 11) is 0. The van der Waals surface area contributed by atoms with Crippen LogP contribution in [-0.4, -0.2) is 25.9 Å². The molecule has 2 aromatic heterocycles. The maximum absolute atomic E-state index is 12.3. The van der Waals surface area contributed by atoms with E-state index in [-0.39, 0.29) is 11.2 Å². The first-order chi connectivity index (χ1) is 11.6. The smallest absolute Gasteiger partial charge is 0.233 e. The topological polar surface area (TPSA) is 73.0 Å². The minimum absolute atomic E-state index is 0.0211. The van der Waals surface area contributed by atoms with Crippen LogP contribution in [0.15, 0.2) is 28.0 Å². The highest BCUT2D eigenvalue weighted by Crippen LogP contribution is 2.33. The van der Waals surface area contributed by atoms with Crippen molar-refractivity contribution in [2.45, 2.75) is 68.9 Å². The SMILES string of the molecule is Cc1nnc(S[C@@H](C)C(=O)NCc2ccco2)n1C1CCCCC1. The van der Waals surface area contributed by atoms with Crippen molar-refractivity contribution in [2.75, 3.05) is 0 Å². The maximum Gasteiger partial charge on any atom is 0.233 e. The number of carbonyl (C=O) groups is 1. The van der Waals surface area contributed by atoms with Gasteiger partial charge in [0, 0.05) is 6.04 Å². The summed E-state index contributed by atoms with van der Waals surface area (Å²) in [6.07, 6.45) is 7.77. The zero-order chi connectivity index (χ0) is 16.9. The lowest BCUT2D eigenvalue weighted by molar-refractivity contribution is -0.120. The average Bonchev–Trinajstić information content (AvgIpc) is 3.23. The van der Waals surface area contributed by atoms with Crippen LogP contribution in [0.4, 0.5) is 0 Å². The van der Waals surface area contributed by atoms with Crippen LogP contribution < -0.4 is 5.32 Å². The molecule has 0 aromatic carbocycles. The molecule has 1 aliphatic carbocycles. The van der Waals surface area contributed by atoms with E-state index in [0.717, 1.165) is 16.7 Å². The molecule has 24 heavy (non-hydrogen) atoms. The molecule has 0 unspecified atom stereocenters. The third kappa shape index (κ3) is 4.01. The van der Waals surface area contributed by atoms with E-state index < -0.39 is 0 Å². The van der Waals surface area contributed by atoms with E-state index in [0.29, 0.717) is 12.6 Å². The van der Waals surface area contributed by atoms with Crippen LogP contribution in [0, 0.1) is 6.92 Å². The Morgan fingerprint density at radius 2 is 2.21 bits per heavy atom. The third-order valence-electron chi connectivity index (χ3n) is 4.44. The Morgan fingerprint density at radius 1 is 1.42 bits per heavy atom. The van der Waals surface area contributed by atoms with Crippen LogP contribution in [0.25, 0.3) is 0 Å². The number of aromatic nitrogens is 3. The fourth-order valence-corrected chi connectivity index (χ4v) is 4.12. The number of rotatable bonds is 6. The highest BCUT2D eigenvalue weighted by molar-refractivity contribution is 8.00. The number of hydrogen-bond donors (Lipinski definition) is 1. The molecule has 0 bridgehead atoms. The van der Waals surface area contributed by atoms with Gasteiger partial charge in [-0.15, -0.1) is 10.2 Å². The van der Waals surface area contributed by atoms with Gasteiger partial charge in [0.25, 0.3) is 0 Å². The molecule has 2 aromatic rings. The summed E-state index contributed by atoms with van der Waals surface area (Å²) in [5.41, 5.74) is 0. The second kappa shape index (κ2) is 7.88. The molecular formula is C17H24N4O2S. The fourth-order valence-electron chi connectivity index (χ4n) is 3.13. The van der Waals surface area contributed by atoms with Crippen molar-refractivity contribution in [2.24, 2.45) is 0 Å². The number of aryl methyl sites for hydroxylation is 1. The molecular weight excluding hydrogens is 324 g/mol. The fraction of sp³-hybridized carbons (Fsp3) is 0.588. The van der Waals surface area contributed by atoms with Crippen LogP contribution in [0.5, 0.6) is 0 Å². The summed E-state index contributed by atoms with van der Waals surface area (Å²) in [6.45, 7) is 4.30. The minimum Gasteiger partial charge on any atom is -0.467 e. The van der Waals surface area contributed by atoms with E-state index >= 15 is 0 Å². The van der Waals surface area contributed by atoms with Gasteiger partial charge in [-0.05, 0) is 38.8 Å². The summed E-state index contributed by atoms with van der Waals surface area (Å²) in [4.78, 5) is 12.3. The number of carbonyl (C=O) groups excluding carboxylic acids is 1. The maximum atomic E-state index is 12.3. The van der Waals surface area contributed by atoms with Gasteiger partial charge >= 0.3 is 0 Å². The molecule has 1 amide bonds. The molecule has 6 nitrogen and oxygen atoms in total. The molecule has 3 rings (SSSR count). The Labute approximate surface area is 146 Å². The number of amides is 1. The van der Waals surface area contributed by atoms with Gasteiger partial charge in [-0.1, -0.05) is 31.0 Å². The quantitative estimate of drug-likeness (QED) is 0.809. The summed E-state index contributed by atoms with van der Waals surface area (Å²) in [6, 6.07) is 4.13. The first-order valence-electron chi connectivity index (χ1n) is 8.53. The van der Waals surface area contributed by atoms with Crippen LogP contribution in [0.3, 0.4) is 0 Å². The standard InChI is InChI=1S/C17H24N4O2S/c1-12(16(22)18-11-15-9-6-10-23-15)24-17-20-19-13(2)21(17)14-7-4-3-5-8-14/h6,9-10,12,14H,3-5,7-8,11H2,1-2H3,(H,18,22)/t12-/m0/s1. The van der Waals surface area contributed by atoms with Gasteiger partial charge in [-0.2, -0.15) is 0 Å². The van der Waals surface area contributed by atoms with Crippen molar-refractivity contribution in [3.63, 3.8) is 0 Å². The van der Waals surface area contributed by atoms with E-state index in [9.17, 15) is 4.79 Å². The Kier molecular flexibility index (Phi) is 5.60. The zero-order valence-corrected chi connectivity index (χ0v) is 15.0. The summed E-state index contributed by atoms with van der Waals surface area (Å²) < 4.78 is 7.46. The molecule has 1 saturated carbocycles. The van der Waals surface area contributed by atoms with Gasteiger partial charge in [0.15, 0.2) is 5.16 Å². The van der Waals surface area contributed by atoms with Gasteiger partial charge < -0.3 is 14.3 Å². The first kappa shape index (κ1) is 17.1. The van der Waals surface area contributed by atoms with E-state index in [1.54, 1.807) is 6.26 Å². The Balaban J connectivity index is 1.61. The van der Waals surface area contributed by atoms with Crippen LogP contribution in [0.2, 0.25) is 0 Å². The van der Waals surface area contributed by atoms with Gasteiger partial charge in [-0.3, -0.25) is 4.79 Å². The second-order valence-corrected chi connectivity index (χ2v) is 7.56. The minimum atomic E-state index is -0.231. The van der Waals surface area contributed by atoms with Crippen LogP contribution in [0.1, 0.15) is 56.7 Å². The third-order valence-corrected chi connectivity index (χ3v) is 5.50. The number of hydrogen-bond acceptors (Lipinski definition) is 5. The monoisotopic (exact) mass is 348 g/mol. The lowest BCUT2D eigenvalue weighted by Crippen LogP contribution is -2.30.